The first kappa shape index (κ1) is 17.3. The van der Waals surface area contributed by atoms with Gasteiger partial charge in [-0.25, -0.2) is 0 Å². The molecule has 4 nitrogen and oxygen atoms in total. The Balaban J connectivity index is 2.89. The van der Waals surface area contributed by atoms with E-state index in [9.17, 15) is 23.1 Å². The molecule has 1 unspecified atom stereocenters. The van der Waals surface area contributed by atoms with E-state index in [-0.39, 0.29) is 11.8 Å². The Morgan fingerprint density at radius 2 is 1.71 bits per heavy atom. The number of ether oxygens (including phenoxy) is 1. The van der Waals surface area contributed by atoms with Crippen molar-refractivity contribution in [2.75, 3.05) is 7.05 Å². The highest BCUT2D eigenvalue weighted by molar-refractivity contribution is 5.77. The fourth-order valence-corrected chi connectivity index (χ4v) is 1.81. The summed E-state index contributed by atoms with van der Waals surface area (Å²) in [7, 11) is 1.65. The van der Waals surface area contributed by atoms with Crippen molar-refractivity contribution in [2.45, 2.75) is 38.7 Å². The van der Waals surface area contributed by atoms with E-state index in [0.29, 0.717) is 5.56 Å². The number of likely N-dealkylation sites (N-methyl/N-ethyl adjacent to an activating group) is 1. The number of halogens is 3. The number of carbonyl (C=O) groups is 1. The molecule has 7 heteroatoms. The minimum Gasteiger partial charge on any atom is -0.480 e. The van der Waals surface area contributed by atoms with E-state index in [1.54, 1.807) is 32.7 Å². The van der Waals surface area contributed by atoms with Crippen LogP contribution in [0.3, 0.4) is 0 Å². The molecular weight excluding hydrogens is 287 g/mol. The van der Waals surface area contributed by atoms with E-state index in [2.05, 4.69) is 4.74 Å². The van der Waals surface area contributed by atoms with Gasteiger partial charge in [-0.15, -0.1) is 13.2 Å². The van der Waals surface area contributed by atoms with Gasteiger partial charge in [0.1, 0.15) is 11.3 Å². The molecule has 0 amide bonds. The predicted molar refractivity (Wildman–Crippen MR) is 71.0 cm³/mol. The van der Waals surface area contributed by atoms with Crippen LogP contribution in [-0.2, 0) is 4.79 Å². The van der Waals surface area contributed by atoms with Gasteiger partial charge >= 0.3 is 12.3 Å². The van der Waals surface area contributed by atoms with Gasteiger partial charge in [-0.1, -0.05) is 12.1 Å². The first-order valence-electron chi connectivity index (χ1n) is 6.27. The molecule has 0 aromatic heterocycles. The lowest BCUT2D eigenvalue weighted by Crippen LogP contribution is -2.48. The van der Waals surface area contributed by atoms with Crippen molar-refractivity contribution in [2.24, 2.45) is 0 Å². The van der Waals surface area contributed by atoms with Gasteiger partial charge in [0.25, 0.3) is 0 Å². The number of rotatable bonds is 5. The molecule has 0 fully saturated rings. The number of aliphatic carboxylic acids is 1. The Morgan fingerprint density at radius 1 is 1.24 bits per heavy atom. The second-order valence-corrected chi connectivity index (χ2v) is 5.27. The summed E-state index contributed by atoms with van der Waals surface area (Å²) in [6, 6.07) is 5.11. The molecule has 0 saturated heterocycles. The quantitative estimate of drug-likeness (QED) is 0.905. The highest BCUT2D eigenvalue weighted by atomic mass is 19.4. The molecule has 0 saturated carbocycles. The maximum Gasteiger partial charge on any atom is 0.573 e. The third-order valence-electron chi connectivity index (χ3n) is 3.58. The molecule has 0 aliphatic heterocycles. The zero-order valence-corrected chi connectivity index (χ0v) is 12.2. The van der Waals surface area contributed by atoms with Gasteiger partial charge in [0.2, 0.25) is 0 Å². The van der Waals surface area contributed by atoms with Gasteiger partial charge in [-0.3, -0.25) is 9.69 Å². The Labute approximate surface area is 121 Å². The van der Waals surface area contributed by atoms with Crippen LogP contribution in [0.5, 0.6) is 5.75 Å². The van der Waals surface area contributed by atoms with E-state index in [1.807, 2.05) is 0 Å². The zero-order chi connectivity index (χ0) is 16.4. The van der Waals surface area contributed by atoms with Crippen LogP contribution in [0, 0.1) is 0 Å². The monoisotopic (exact) mass is 305 g/mol. The van der Waals surface area contributed by atoms with E-state index in [0.717, 1.165) is 0 Å². The van der Waals surface area contributed by atoms with E-state index in [1.165, 1.54) is 24.3 Å². The van der Waals surface area contributed by atoms with Crippen molar-refractivity contribution < 1.29 is 27.8 Å². The van der Waals surface area contributed by atoms with Crippen LogP contribution < -0.4 is 4.74 Å². The van der Waals surface area contributed by atoms with Gasteiger partial charge in [0.05, 0.1) is 0 Å². The zero-order valence-electron chi connectivity index (χ0n) is 12.2. The number of carboxylic acids is 1. The van der Waals surface area contributed by atoms with Crippen LogP contribution in [-0.4, -0.2) is 34.9 Å². The summed E-state index contributed by atoms with van der Waals surface area (Å²) in [5, 5.41) is 9.19. The molecule has 21 heavy (non-hydrogen) atoms. The summed E-state index contributed by atoms with van der Waals surface area (Å²) in [6.07, 6.45) is -4.73. The number of benzene rings is 1. The normalized spacial score (nSPS) is 14.1. The van der Waals surface area contributed by atoms with Crippen molar-refractivity contribution in [1.82, 2.24) is 4.90 Å². The van der Waals surface area contributed by atoms with Crippen molar-refractivity contribution in [3.63, 3.8) is 0 Å². The van der Waals surface area contributed by atoms with Crippen LogP contribution >= 0.6 is 0 Å². The van der Waals surface area contributed by atoms with Crippen molar-refractivity contribution >= 4 is 5.97 Å². The molecule has 0 aliphatic carbocycles. The largest absolute Gasteiger partial charge is 0.573 e. The lowest BCUT2D eigenvalue weighted by Gasteiger charge is -2.36. The maximum absolute atomic E-state index is 12.1. The molecule has 0 radical (unpaired) electrons. The average molecular weight is 305 g/mol. The number of hydrogen-bond donors (Lipinski definition) is 1. The molecule has 1 aromatic carbocycles. The Bertz CT molecular complexity index is 497. The minimum absolute atomic E-state index is 0.281. The van der Waals surface area contributed by atoms with Crippen molar-refractivity contribution in [3.05, 3.63) is 29.8 Å². The average Bonchev–Trinajstić information content (AvgIpc) is 2.35. The van der Waals surface area contributed by atoms with E-state index in [4.69, 9.17) is 0 Å². The van der Waals surface area contributed by atoms with Gasteiger partial charge in [-0.2, -0.15) is 0 Å². The molecular formula is C14H18F3NO3. The SMILES string of the molecule is CC(c1ccc(OC(F)(F)F)cc1)N(C)C(C)(C)C(=O)O. The van der Waals surface area contributed by atoms with E-state index >= 15 is 0 Å². The predicted octanol–water partition coefficient (Wildman–Crippen LogP) is 3.44. The Kier molecular flexibility index (Phi) is 4.88. The van der Waals surface area contributed by atoms with Crippen LogP contribution in [0.1, 0.15) is 32.4 Å². The van der Waals surface area contributed by atoms with Crippen LogP contribution in [0.15, 0.2) is 24.3 Å². The molecule has 118 valence electrons. The minimum atomic E-state index is -4.73. The third kappa shape index (κ3) is 4.35. The first-order valence-corrected chi connectivity index (χ1v) is 6.27. The van der Waals surface area contributed by atoms with Crippen LogP contribution in [0.4, 0.5) is 13.2 Å². The van der Waals surface area contributed by atoms with Crippen LogP contribution in [0.2, 0.25) is 0 Å². The maximum atomic E-state index is 12.1. The number of hydrogen-bond acceptors (Lipinski definition) is 3. The van der Waals surface area contributed by atoms with Crippen molar-refractivity contribution in [3.8, 4) is 5.75 Å². The summed E-state index contributed by atoms with van der Waals surface area (Å²) in [4.78, 5) is 12.9. The summed E-state index contributed by atoms with van der Waals surface area (Å²) in [5.41, 5.74) is -0.401. The summed E-state index contributed by atoms with van der Waals surface area (Å²) in [6.45, 7) is 4.91. The highest BCUT2D eigenvalue weighted by Gasteiger charge is 2.35. The molecule has 1 atom stereocenters. The lowest BCUT2D eigenvalue weighted by atomic mass is 9.98. The van der Waals surface area contributed by atoms with Gasteiger partial charge in [-0.05, 0) is 45.5 Å². The Hall–Kier alpha value is -1.76. The van der Waals surface area contributed by atoms with Crippen molar-refractivity contribution in [1.29, 1.82) is 0 Å². The molecule has 1 N–H and O–H groups in total. The molecule has 0 aliphatic rings. The Morgan fingerprint density at radius 3 is 2.10 bits per heavy atom. The lowest BCUT2D eigenvalue weighted by molar-refractivity contribution is -0.274. The summed E-state index contributed by atoms with van der Waals surface area (Å²) in [5.74, 6) is -1.28. The second-order valence-electron chi connectivity index (χ2n) is 5.27. The van der Waals surface area contributed by atoms with Gasteiger partial charge in [0.15, 0.2) is 0 Å². The summed E-state index contributed by atoms with van der Waals surface area (Å²) >= 11 is 0. The highest BCUT2D eigenvalue weighted by Crippen LogP contribution is 2.29. The molecule has 1 aromatic rings. The fourth-order valence-electron chi connectivity index (χ4n) is 1.81. The fraction of sp³-hybridized carbons (Fsp3) is 0.500. The molecule has 0 spiro atoms. The third-order valence-corrected chi connectivity index (χ3v) is 3.58. The van der Waals surface area contributed by atoms with Crippen LogP contribution in [0.25, 0.3) is 0 Å². The van der Waals surface area contributed by atoms with Gasteiger partial charge < -0.3 is 9.84 Å². The standard InChI is InChI=1S/C14H18F3NO3/c1-9(18(4)13(2,3)12(19)20)10-5-7-11(8-6-10)21-14(15,16)17/h5-9H,1-4H3,(H,19,20). The molecule has 0 heterocycles. The second kappa shape index (κ2) is 5.93. The number of nitrogens with zero attached hydrogens (tertiary/aromatic N) is 1. The summed E-state index contributed by atoms with van der Waals surface area (Å²) < 4.78 is 40.0. The van der Waals surface area contributed by atoms with Gasteiger partial charge in [0, 0.05) is 6.04 Å². The number of carboxylic acid groups (broad SMARTS) is 1. The smallest absolute Gasteiger partial charge is 0.480 e. The van der Waals surface area contributed by atoms with E-state index < -0.39 is 17.9 Å². The first-order chi connectivity index (χ1) is 9.45. The topological polar surface area (TPSA) is 49.8 Å². The number of alkyl halides is 3. The molecule has 1 rings (SSSR count). The molecule has 0 bridgehead atoms.